The van der Waals surface area contributed by atoms with Gasteiger partial charge < -0.3 is 14.5 Å². The number of nitrogens with one attached hydrogen (secondary N) is 1. The molecule has 0 heterocycles. The summed E-state index contributed by atoms with van der Waals surface area (Å²) in [5.74, 6) is 1.43. The smallest absolute Gasteiger partial charge is 0.192 e. The fourth-order valence-electron chi connectivity index (χ4n) is 4.56. The first kappa shape index (κ1) is 24.0. The van der Waals surface area contributed by atoms with Gasteiger partial charge in [0.1, 0.15) is 5.75 Å². The average Bonchev–Trinajstić information content (AvgIpc) is 2.63. The minimum absolute atomic E-state index is 0.134. The minimum Gasteiger partial charge on any atom is -0.497 e. The second kappa shape index (κ2) is 10.2. The van der Waals surface area contributed by atoms with E-state index in [0.29, 0.717) is 21.2 Å². The third kappa shape index (κ3) is 5.88. The molecule has 0 saturated heterocycles. The summed E-state index contributed by atoms with van der Waals surface area (Å²) in [6.45, 7) is 13.2. The van der Waals surface area contributed by atoms with Crippen molar-refractivity contribution < 1.29 is 9.16 Å². The Balaban J connectivity index is 2.19. The van der Waals surface area contributed by atoms with Gasteiger partial charge in [-0.2, -0.15) is 0 Å². The maximum absolute atomic E-state index is 6.85. The molecule has 0 aromatic heterocycles. The van der Waals surface area contributed by atoms with Crippen LogP contribution in [0, 0.1) is 11.3 Å². The molecule has 1 atom stereocenters. The van der Waals surface area contributed by atoms with Crippen LogP contribution in [0.5, 0.6) is 5.75 Å². The van der Waals surface area contributed by atoms with E-state index in [4.69, 9.17) is 32.4 Å². The monoisotopic (exact) mass is 445 g/mol. The normalized spacial score (nSPS) is 18.0. The van der Waals surface area contributed by atoms with Crippen LogP contribution in [0.25, 0.3) is 0 Å². The molecule has 0 radical (unpaired) electrons. The van der Waals surface area contributed by atoms with Crippen molar-refractivity contribution in [3.63, 3.8) is 0 Å². The summed E-state index contributed by atoms with van der Waals surface area (Å²) < 4.78 is 12.2. The summed E-state index contributed by atoms with van der Waals surface area (Å²) >= 11 is 13.3. The predicted octanol–water partition coefficient (Wildman–Crippen LogP) is 7.09. The number of rotatable bonds is 11. The number of benzene rings is 1. The molecule has 1 fully saturated rings. The van der Waals surface area contributed by atoms with Crippen molar-refractivity contribution in [2.75, 3.05) is 20.2 Å². The largest absolute Gasteiger partial charge is 0.497 e. The van der Waals surface area contributed by atoms with Gasteiger partial charge in [0.25, 0.3) is 0 Å². The predicted molar refractivity (Wildman–Crippen MR) is 123 cm³/mol. The van der Waals surface area contributed by atoms with Crippen LogP contribution in [0.2, 0.25) is 28.2 Å². The highest BCUT2D eigenvalue weighted by Gasteiger charge is 2.37. The zero-order chi connectivity index (χ0) is 20.9. The fourth-order valence-corrected chi connectivity index (χ4v) is 8.07. The van der Waals surface area contributed by atoms with Crippen LogP contribution in [0.3, 0.4) is 0 Å². The Morgan fingerprint density at radius 2 is 1.64 bits per heavy atom. The van der Waals surface area contributed by atoms with Gasteiger partial charge in [0.05, 0.1) is 23.3 Å². The molecule has 28 heavy (non-hydrogen) atoms. The Morgan fingerprint density at radius 1 is 1.11 bits per heavy atom. The number of methoxy groups -OCH3 is 1. The Morgan fingerprint density at radius 3 is 2.07 bits per heavy atom. The maximum atomic E-state index is 6.85. The first-order valence-corrected chi connectivity index (χ1v) is 13.9. The van der Waals surface area contributed by atoms with Crippen molar-refractivity contribution in [1.82, 2.24) is 5.32 Å². The lowest BCUT2D eigenvalue weighted by Gasteiger charge is -2.43. The molecule has 1 aromatic carbocycles. The molecule has 0 aliphatic heterocycles. The van der Waals surface area contributed by atoms with E-state index in [9.17, 15) is 0 Å². The molecule has 2 rings (SSSR count). The van der Waals surface area contributed by atoms with Crippen molar-refractivity contribution in [3.05, 3.63) is 27.7 Å². The number of halogens is 2. The van der Waals surface area contributed by atoms with Crippen LogP contribution < -0.4 is 10.1 Å². The number of hydrogen-bond donors (Lipinski definition) is 1. The van der Waals surface area contributed by atoms with Gasteiger partial charge in [0, 0.05) is 12.1 Å². The fraction of sp³-hybridized carbons (Fsp3) is 0.727. The van der Waals surface area contributed by atoms with Gasteiger partial charge in [-0.1, -0.05) is 57.8 Å². The molecule has 1 aliphatic rings. The van der Waals surface area contributed by atoms with Crippen LogP contribution >= 0.6 is 23.2 Å². The quantitative estimate of drug-likeness (QED) is 0.368. The molecule has 3 nitrogen and oxygen atoms in total. The molecule has 1 aromatic rings. The summed E-state index contributed by atoms with van der Waals surface area (Å²) in [5, 5.41) is 4.89. The lowest BCUT2D eigenvalue weighted by atomic mass is 9.64. The van der Waals surface area contributed by atoms with Crippen molar-refractivity contribution in [2.45, 2.75) is 71.7 Å². The molecule has 6 heteroatoms. The van der Waals surface area contributed by atoms with Gasteiger partial charge in [-0.3, -0.25) is 0 Å². The van der Waals surface area contributed by atoms with E-state index < -0.39 is 8.32 Å². The van der Waals surface area contributed by atoms with Gasteiger partial charge in [0.2, 0.25) is 0 Å². The molecule has 160 valence electrons. The van der Waals surface area contributed by atoms with Gasteiger partial charge in [-0.25, -0.2) is 0 Å². The van der Waals surface area contributed by atoms with Crippen molar-refractivity contribution >= 4 is 31.5 Å². The third-order valence-electron chi connectivity index (χ3n) is 6.38. The van der Waals surface area contributed by atoms with Crippen molar-refractivity contribution in [1.29, 1.82) is 0 Å². The van der Waals surface area contributed by atoms with E-state index in [1.54, 1.807) is 7.11 Å². The summed E-state index contributed by atoms with van der Waals surface area (Å²) in [7, 11) is -0.189. The first-order valence-electron chi connectivity index (χ1n) is 10.6. The molecule has 0 spiro atoms. The van der Waals surface area contributed by atoms with Crippen LogP contribution in [0.15, 0.2) is 12.1 Å². The molecule has 1 unspecified atom stereocenters. The van der Waals surface area contributed by atoms with Crippen LogP contribution in [0.1, 0.15) is 59.1 Å². The number of hydrogen-bond acceptors (Lipinski definition) is 3. The Hall–Kier alpha value is -0.263. The molecule has 1 saturated carbocycles. The standard InChI is InChI=1S/C22H37Cl2NO2Si/c1-7-28(8-2,9-3)27-20(15-25-14-16-12-22(4,5)13-16)21-18(23)10-17(26-6)11-19(21)24/h10-11,16,20,25H,7-9,12-15H2,1-6H3. The van der Waals surface area contributed by atoms with Crippen LogP contribution in [0.4, 0.5) is 0 Å². The van der Waals surface area contributed by atoms with E-state index in [1.165, 1.54) is 12.8 Å². The first-order chi connectivity index (χ1) is 13.2. The van der Waals surface area contributed by atoms with Crippen molar-refractivity contribution in [3.8, 4) is 5.75 Å². The average molecular weight is 447 g/mol. The Labute approximate surface area is 182 Å². The highest BCUT2D eigenvalue weighted by Crippen LogP contribution is 2.44. The SMILES string of the molecule is CC[Si](CC)(CC)OC(CNCC1CC(C)(C)C1)c1c(Cl)cc(OC)cc1Cl. The molecule has 1 aliphatic carbocycles. The van der Waals surface area contributed by atoms with E-state index in [-0.39, 0.29) is 6.10 Å². The van der Waals surface area contributed by atoms with Crippen LogP contribution in [-0.4, -0.2) is 28.5 Å². The minimum atomic E-state index is -1.81. The van der Waals surface area contributed by atoms with E-state index in [0.717, 1.165) is 42.7 Å². The second-order valence-electron chi connectivity index (χ2n) is 8.95. The lowest BCUT2D eigenvalue weighted by molar-refractivity contribution is 0.0915. The van der Waals surface area contributed by atoms with Crippen LogP contribution in [-0.2, 0) is 4.43 Å². The highest BCUT2D eigenvalue weighted by molar-refractivity contribution is 6.73. The highest BCUT2D eigenvalue weighted by atomic mass is 35.5. The van der Waals surface area contributed by atoms with E-state index in [1.807, 2.05) is 12.1 Å². The summed E-state index contributed by atoms with van der Waals surface area (Å²) in [5.41, 5.74) is 1.39. The Kier molecular flexibility index (Phi) is 8.72. The summed E-state index contributed by atoms with van der Waals surface area (Å²) in [6, 6.07) is 6.96. The summed E-state index contributed by atoms with van der Waals surface area (Å²) in [6.07, 6.45) is 2.44. The molecular formula is C22H37Cl2NO2Si. The number of ether oxygens (including phenoxy) is 1. The Bertz CT molecular complexity index is 610. The van der Waals surface area contributed by atoms with Gasteiger partial charge >= 0.3 is 0 Å². The lowest BCUT2D eigenvalue weighted by Crippen LogP contribution is -2.42. The second-order valence-corrected chi connectivity index (χ2v) is 14.5. The third-order valence-corrected chi connectivity index (χ3v) is 11.7. The van der Waals surface area contributed by atoms with Gasteiger partial charge in [-0.15, -0.1) is 0 Å². The molecular weight excluding hydrogens is 409 g/mol. The zero-order valence-corrected chi connectivity index (χ0v) is 20.8. The molecule has 1 N–H and O–H groups in total. The van der Waals surface area contributed by atoms with Gasteiger partial charge in [-0.05, 0) is 61.0 Å². The topological polar surface area (TPSA) is 30.5 Å². The maximum Gasteiger partial charge on any atom is 0.192 e. The van der Waals surface area contributed by atoms with Crippen molar-refractivity contribution in [2.24, 2.45) is 11.3 Å². The zero-order valence-electron chi connectivity index (χ0n) is 18.3. The van der Waals surface area contributed by atoms with E-state index >= 15 is 0 Å². The van der Waals surface area contributed by atoms with E-state index in [2.05, 4.69) is 39.9 Å². The molecule has 0 bridgehead atoms. The molecule has 0 amide bonds. The van der Waals surface area contributed by atoms with Gasteiger partial charge in [0.15, 0.2) is 8.32 Å². The summed E-state index contributed by atoms with van der Waals surface area (Å²) in [4.78, 5) is 0.